The Morgan fingerprint density at radius 3 is 2.70 bits per heavy atom. The minimum absolute atomic E-state index is 0.193. The number of hydrogen-bond acceptors (Lipinski definition) is 4. The highest BCUT2D eigenvalue weighted by molar-refractivity contribution is 6.04. The van der Waals surface area contributed by atoms with Gasteiger partial charge in [-0.05, 0) is 62.7 Å². The lowest BCUT2D eigenvalue weighted by Crippen LogP contribution is -2.42. The molecule has 0 saturated carbocycles. The standard InChI is InChI=1S/C27H27F3N6O/c1-4-35-13-12-17(2)36(26(37)32-21-8-10-23-19(15-21)16-31-34(23)3)25-24(35)11-9-22(33-25)18-6-5-7-20(14-18)27(28,29)30/h5-11,14-17H,4,12-13H2,1-3H3,(H,32,37)/t17-/m1/s1. The summed E-state index contributed by atoms with van der Waals surface area (Å²) in [4.78, 5) is 22.1. The van der Waals surface area contributed by atoms with Crippen molar-refractivity contribution < 1.29 is 18.0 Å². The third kappa shape index (κ3) is 4.71. The second kappa shape index (κ2) is 9.42. The summed E-state index contributed by atoms with van der Waals surface area (Å²) in [5.41, 5.74) is 2.28. The summed E-state index contributed by atoms with van der Waals surface area (Å²) < 4.78 is 41.8. The predicted molar refractivity (Wildman–Crippen MR) is 139 cm³/mol. The molecule has 3 heterocycles. The second-order valence-corrected chi connectivity index (χ2v) is 9.18. The minimum Gasteiger partial charge on any atom is -0.369 e. The molecule has 2 aromatic heterocycles. The molecule has 0 fully saturated rings. The fourth-order valence-corrected chi connectivity index (χ4v) is 4.73. The van der Waals surface area contributed by atoms with Gasteiger partial charge in [-0.25, -0.2) is 9.78 Å². The van der Waals surface area contributed by atoms with Crippen molar-refractivity contribution in [3.8, 4) is 11.3 Å². The first-order valence-electron chi connectivity index (χ1n) is 12.1. The number of amides is 2. The zero-order chi connectivity index (χ0) is 26.3. The van der Waals surface area contributed by atoms with Gasteiger partial charge in [-0.2, -0.15) is 18.3 Å². The van der Waals surface area contributed by atoms with Crippen LogP contribution in [0.5, 0.6) is 0 Å². The Balaban J connectivity index is 1.55. The minimum atomic E-state index is -4.46. The van der Waals surface area contributed by atoms with Crippen molar-refractivity contribution in [2.75, 3.05) is 28.2 Å². The van der Waals surface area contributed by atoms with Crippen molar-refractivity contribution >= 4 is 34.1 Å². The maximum Gasteiger partial charge on any atom is 0.416 e. The van der Waals surface area contributed by atoms with Gasteiger partial charge < -0.3 is 10.2 Å². The maximum absolute atomic E-state index is 13.6. The maximum atomic E-state index is 13.6. The summed E-state index contributed by atoms with van der Waals surface area (Å²) in [6.07, 6.45) is -2.02. The Morgan fingerprint density at radius 2 is 1.95 bits per heavy atom. The van der Waals surface area contributed by atoms with Crippen LogP contribution in [0, 0.1) is 0 Å². The van der Waals surface area contributed by atoms with Crippen molar-refractivity contribution in [1.29, 1.82) is 0 Å². The van der Waals surface area contributed by atoms with Crippen molar-refractivity contribution in [2.24, 2.45) is 7.05 Å². The van der Waals surface area contributed by atoms with Crippen molar-refractivity contribution in [3.05, 3.63) is 66.4 Å². The molecule has 1 aliphatic rings. The number of nitrogens with zero attached hydrogens (tertiary/aromatic N) is 5. The Labute approximate surface area is 212 Å². The molecular formula is C27H27F3N6O. The largest absolute Gasteiger partial charge is 0.416 e. The number of pyridine rings is 1. The van der Waals surface area contributed by atoms with Crippen LogP contribution in [0.15, 0.2) is 60.8 Å². The molecule has 1 N–H and O–H groups in total. The fourth-order valence-electron chi connectivity index (χ4n) is 4.73. The molecule has 0 spiro atoms. The van der Waals surface area contributed by atoms with E-state index in [1.165, 1.54) is 6.07 Å². The Bertz CT molecular complexity index is 1460. The monoisotopic (exact) mass is 508 g/mol. The fraction of sp³-hybridized carbons (Fsp3) is 0.296. The number of urea groups is 1. The summed E-state index contributed by atoms with van der Waals surface area (Å²) in [7, 11) is 1.85. The molecule has 0 unspecified atom stereocenters. The van der Waals surface area contributed by atoms with Gasteiger partial charge in [0.2, 0.25) is 0 Å². The van der Waals surface area contributed by atoms with E-state index in [2.05, 4.69) is 15.3 Å². The lowest BCUT2D eigenvalue weighted by atomic mass is 10.1. The zero-order valence-electron chi connectivity index (χ0n) is 20.8. The summed E-state index contributed by atoms with van der Waals surface area (Å²) >= 11 is 0. The van der Waals surface area contributed by atoms with Gasteiger partial charge in [0.1, 0.15) is 0 Å². The first-order valence-corrected chi connectivity index (χ1v) is 12.1. The van der Waals surface area contributed by atoms with E-state index in [4.69, 9.17) is 4.98 Å². The van der Waals surface area contributed by atoms with Crippen LogP contribution in [0.1, 0.15) is 25.8 Å². The SMILES string of the molecule is CCN1CC[C@@H](C)N(C(=O)Nc2ccc3c(cnn3C)c2)c2nc(-c3cccc(C(F)(F)F)c3)ccc21. The average molecular weight is 509 g/mol. The number of aryl methyl sites for hydroxylation is 1. The number of fused-ring (bicyclic) bond motifs is 2. The molecule has 192 valence electrons. The predicted octanol–water partition coefficient (Wildman–Crippen LogP) is 6.31. The van der Waals surface area contributed by atoms with Crippen molar-refractivity contribution in [3.63, 3.8) is 0 Å². The summed E-state index contributed by atoms with van der Waals surface area (Å²) in [6.45, 7) is 5.40. The van der Waals surface area contributed by atoms with Gasteiger partial charge in [-0.3, -0.25) is 9.58 Å². The number of halogens is 3. The highest BCUT2D eigenvalue weighted by atomic mass is 19.4. The first-order chi connectivity index (χ1) is 17.7. The van der Waals surface area contributed by atoms with E-state index in [1.54, 1.807) is 27.9 Å². The van der Waals surface area contributed by atoms with E-state index in [-0.39, 0.29) is 12.1 Å². The number of alkyl halides is 3. The number of aromatic nitrogens is 3. The van der Waals surface area contributed by atoms with E-state index in [0.717, 1.165) is 35.3 Å². The third-order valence-corrected chi connectivity index (χ3v) is 6.76. The van der Waals surface area contributed by atoms with Gasteiger partial charge in [0.25, 0.3) is 0 Å². The molecule has 0 aliphatic carbocycles. The van der Waals surface area contributed by atoms with Crippen LogP contribution in [0.2, 0.25) is 0 Å². The lowest BCUT2D eigenvalue weighted by molar-refractivity contribution is -0.137. The summed E-state index contributed by atoms with van der Waals surface area (Å²) in [6, 6.07) is 13.6. The molecular weight excluding hydrogens is 481 g/mol. The molecule has 37 heavy (non-hydrogen) atoms. The lowest BCUT2D eigenvalue weighted by Gasteiger charge is -2.28. The Morgan fingerprint density at radius 1 is 1.14 bits per heavy atom. The molecule has 5 rings (SSSR count). The summed E-state index contributed by atoms with van der Waals surface area (Å²) in [5.74, 6) is 0.418. The molecule has 0 saturated heterocycles. The van der Waals surface area contributed by atoms with Crippen molar-refractivity contribution in [1.82, 2.24) is 14.8 Å². The molecule has 2 amide bonds. The smallest absolute Gasteiger partial charge is 0.369 e. The van der Waals surface area contributed by atoms with E-state index in [1.807, 2.05) is 45.2 Å². The zero-order valence-corrected chi connectivity index (χ0v) is 20.8. The van der Waals surface area contributed by atoms with Crippen LogP contribution in [-0.4, -0.2) is 39.9 Å². The van der Waals surface area contributed by atoms with Crippen LogP contribution < -0.4 is 15.1 Å². The molecule has 1 aliphatic heterocycles. The Hall–Kier alpha value is -4.08. The van der Waals surface area contributed by atoms with Gasteiger partial charge in [-0.1, -0.05) is 12.1 Å². The highest BCUT2D eigenvalue weighted by Crippen LogP contribution is 2.37. The van der Waals surface area contributed by atoms with E-state index >= 15 is 0 Å². The number of anilines is 3. The Kier molecular flexibility index (Phi) is 6.26. The number of carbonyl (C=O) groups excluding carboxylic acids is 1. The molecule has 4 aromatic rings. The number of rotatable bonds is 3. The van der Waals surface area contributed by atoms with Crippen LogP contribution in [0.3, 0.4) is 0 Å². The molecule has 10 heteroatoms. The summed E-state index contributed by atoms with van der Waals surface area (Å²) in [5, 5.41) is 8.12. The average Bonchev–Trinajstić information content (AvgIpc) is 3.17. The number of benzene rings is 2. The topological polar surface area (TPSA) is 66.3 Å². The second-order valence-electron chi connectivity index (χ2n) is 9.18. The van der Waals surface area contributed by atoms with Crippen LogP contribution in [0.4, 0.5) is 35.2 Å². The molecule has 0 radical (unpaired) electrons. The van der Waals surface area contributed by atoms with E-state index in [0.29, 0.717) is 35.7 Å². The molecule has 2 aromatic carbocycles. The van der Waals surface area contributed by atoms with Gasteiger partial charge >= 0.3 is 12.2 Å². The normalized spacial score (nSPS) is 16.0. The third-order valence-electron chi connectivity index (χ3n) is 6.76. The van der Waals surface area contributed by atoms with Crippen molar-refractivity contribution in [2.45, 2.75) is 32.5 Å². The van der Waals surface area contributed by atoms with Crippen LogP contribution in [0.25, 0.3) is 22.2 Å². The molecule has 0 bridgehead atoms. The van der Waals surface area contributed by atoms with E-state index in [9.17, 15) is 18.0 Å². The van der Waals surface area contributed by atoms with Gasteiger partial charge in [0, 0.05) is 42.8 Å². The van der Waals surface area contributed by atoms with Gasteiger partial charge in [-0.15, -0.1) is 0 Å². The van der Waals surface area contributed by atoms with Crippen LogP contribution >= 0.6 is 0 Å². The number of carbonyl (C=O) groups is 1. The molecule has 1 atom stereocenters. The molecule has 7 nitrogen and oxygen atoms in total. The number of nitrogens with one attached hydrogen (secondary N) is 1. The number of hydrogen-bond donors (Lipinski definition) is 1. The highest BCUT2D eigenvalue weighted by Gasteiger charge is 2.33. The first kappa shape index (κ1) is 24.6. The van der Waals surface area contributed by atoms with Gasteiger partial charge in [0.15, 0.2) is 5.82 Å². The quantitative estimate of drug-likeness (QED) is 0.352. The van der Waals surface area contributed by atoms with E-state index < -0.39 is 11.7 Å². The van der Waals surface area contributed by atoms with Gasteiger partial charge in [0.05, 0.1) is 28.7 Å². The van der Waals surface area contributed by atoms with Crippen LogP contribution in [-0.2, 0) is 13.2 Å².